The molecule has 0 amide bonds. The number of ketones is 1. The number of hydrogen-bond donors (Lipinski definition) is 0. The molecular weight excluding hydrogens is 269 g/mol. The summed E-state index contributed by atoms with van der Waals surface area (Å²) in [6.45, 7) is 1.88. The molecular formula is C14H11Cl2NO. The molecule has 0 N–H and O–H groups in total. The van der Waals surface area contributed by atoms with Gasteiger partial charge in [-0.2, -0.15) is 0 Å². The van der Waals surface area contributed by atoms with Crippen LogP contribution in [0.15, 0.2) is 36.5 Å². The van der Waals surface area contributed by atoms with Gasteiger partial charge in [0.2, 0.25) is 0 Å². The SMILES string of the molecule is Cc1ccc(C(=O)Cc2cc(Cl)ccc2Cl)cn1. The van der Waals surface area contributed by atoms with Crippen LogP contribution < -0.4 is 0 Å². The van der Waals surface area contributed by atoms with E-state index in [1.807, 2.05) is 13.0 Å². The van der Waals surface area contributed by atoms with Crippen molar-refractivity contribution in [3.63, 3.8) is 0 Å². The number of nitrogens with zero attached hydrogens (tertiary/aromatic N) is 1. The molecule has 92 valence electrons. The summed E-state index contributed by atoms with van der Waals surface area (Å²) in [4.78, 5) is 16.1. The zero-order valence-electron chi connectivity index (χ0n) is 9.78. The van der Waals surface area contributed by atoms with Crippen LogP contribution in [0.4, 0.5) is 0 Å². The monoisotopic (exact) mass is 279 g/mol. The summed E-state index contributed by atoms with van der Waals surface area (Å²) in [5.41, 5.74) is 2.19. The van der Waals surface area contributed by atoms with E-state index in [1.165, 1.54) is 0 Å². The second-order valence-electron chi connectivity index (χ2n) is 4.02. The second kappa shape index (κ2) is 5.51. The molecule has 0 saturated carbocycles. The predicted molar refractivity (Wildman–Crippen MR) is 73.5 cm³/mol. The summed E-state index contributed by atoms with van der Waals surface area (Å²) in [6, 6.07) is 8.69. The minimum absolute atomic E-state index is 0.0216. The largest absolute Gasteiger partial charge is 0.294 e. The Morgan fingerprint density at radius 3 is 2.67 bits per heavy atom. The first-order valence-electron chi connectivity index (χ1n) is 5.46. The van der Waals surface area contributed by atoms with Gasteiger partial charge < -0.3 is 0 Å². The minimum atomic E-state index is -0.0216. The number of aryl methyl sites for hydroxylation is 1. The number of hydrogen-bond acceptors (Lipinski definition) is 2. The van der Waals surface area contributed by atoms with Crippen LogP contribution in [0.2, 0.25) is 10.0 Å². The van der Waals surface area contributed by atoms with Gasteiger partial charge in [-0.1, -0.05) is 23.2 Å². The molecule has 2 rings (SSSR count). The standard InChI is InChI=1S/C14H11Cl2NO/c1-9-2-3-10(8-17-9)14(18)7-11-6-12(15)4-5-13(11)16/h2-6,8H,7H2,1H3. The topological polar surface area (TPSA) is 30.0 Å². The number of halogens is 2. The zero-order chi connectivity index (χ0) is 13.1. The van der Waals surface area contributed by atoms with Crippen molar-refractivity contribution < 1.29 is 4.79 Å². The van der Waals surface area contributed by atoms with E-state index in [0.29, 0.717) is 15.6 Å². The van der Waals surface area contributed by atoms with E-state index in [9.17, 15) is 4.79 Å². The predicted octanol–water partition coefficient (Wildman–Crippen LogP) is 4.12. The van der Waals surface area contributed by atoms with E-state index in [-0.39, 0.29) is 12.2 Å². The van der Waals surface area contributed by atoms with Crippen LogP contribution in [0.3, 0.4) is 0 Å². The van der Waals surface area contributed by atoms with Crippen molar-refractivity contribution in [1.82, 2.24) is 4.98 Å². The van der Waals surface area contributed by atoms with Crippen LogP contribution in [0.25, 0.3) is 0 Å². The van der Waals surface area contributed by atoms with Crippen molar-refractivity contribution in [2.45, 2.75) is 13.3 Å². The van der Waals surface area contributed by atoms with Crippen LogP contribution in [-0.2, 0) is 6.42 Å². The van der Waals surface area contributed by atoms with Crippen molar-refractivity contribution >= 4 is 29.0 Å². The number of aromatic nitrogens is 1. The van der Waals surface area contributed by atoms with Crippen molar-refractivity contribution in [3.8, 4) is 0 Å². The molecule has 0 unspecified atom stereocenters. The van der Waals surface area contributed by atoms with Gasteiger partial charge in [0.05, 0.1) is 0 Å². The highest BCUT2D eigenvalue weighted by molar-refractivity contribution is 6.33. The first kappa shape index (κ1) is 13.1. The highest BCUT2D eigenvalue weighted by Crippen LogP contribution is 2.22. The summed E-state index contributed by atoms with van der Waals surface area (Å²) < 4.78 is 0. The number of pyridine rings is 1. The first-order chi connectivity index (χ1) is 8.56. The molecule has 0 fully saturated rings. The molecule has 2 aromatic rings. The molecule has 1 aromatic carbocycles. The Bertz CT molecular complexity index is 579. The molecule has 0 atom stereocenters. The summed E-state index contributed by atoms with van der Waals surface area (Å²) in [7, 11) is 0. The van der Waals surface area contributed by atoms with E-state index in [1.54, 1.807) is 30.5 Å². The van der Waals surface area contributed by atoms with Gasteiger partial charge in [-0.25, -0.2) is 0 Å². The number of carbonyl (C=O) groups is 1. The van der Waals surface area contributed by atoms with Crippen molar-refractivity contribution in [2.24, 2.45) is 0 Å². The normalized spacial score (nSPS) is 10.4. The second-order valence-corrected chi connectivity index (χ2v) is 4.87. The van der Waals surface area contributed by atoms with Crippen LogP contribution >= 0.6 is 23.2 Å². The molecule has 2 nitrogen and oxygen atoms in total. The average Bonchev–Trinajstić information content (AvgIpc) is 2.34. The van der Waals surface area contributed by atoms with E-state index in [0.717, 1.165) is 11.3 Å². The lowest BCUT2D eigenvalue weighted by atomic mass is 10.0. The van der Waals surface area contributed by atoms with Crippen LogP contribution in [0.5, 0.6) is 0 Å². The van der Waals surface area contributed by atoms with Gasteiger partial charge in [0, 0.05) is 33.9 Å². The summed E-state index contributed by atoms with van der Waals surface area (Å²) in [6.07, 6.45) is 1.81. The van der Waals surface area contributed by atoms with E-state index in [4.69, 9.17) is 23.2 Å². The lowest BCUT2D eigenvalue weighted by Gasteiger charge is -2.04. The van der Waals surface area contributed by atoms with Crippen LogP contribution in [-0.4, -0.2) is 10.8 Å². The Kier molecular flexibility index (Phi) is 4.00. The molecule has 0 bridgehead atoms. The third kappa shape index (κ3) is 3.09. The first-order valence-corrected chi connectivity index (χ1v) is 6.21. The summed E-state index contributed by atoms with van der Waals surface area (Å²) in [5, 5.41) is 1.12. The molecule has 1 heterocycles. The van der Waals surface area contributed by atoms with Crippen molar-refractivity contribution in [2.75, 3.05) is 0 Å². The van der Waals surface area contributed by atoms with Gasteiger partial charge in [-0.05, 0) is 42.8 Å². The molecule has 0 spiro atoms. The van der Waals surface area contributed by atoms with Gasteiger partial charge in [0.25, 0.3) is 0 Å². The Hall–Kier alpha value is -1.38. The fourth-order valence-electron chi connectivity index (χ4n) is 1.59. The van der Waals surface area contributed by atoms with E-state index < -0.39 is 0 Å². The number of rotatable bonds is 3. The van der Waals surface area contributed by atoms with Crippen LogP contribution in [0.1, 0.15) is 21.6 Å². The molecule has 0 aliphatic heterocycles. The van der Waals surface area contributed by atoms with E-state index in [2.05, 4.69) is 4.98 Å². The highest BCUT2D eigenvalue weighted by atomic mass is 35.5. The fourth-order valence-corrected chi connectivity index (χ4v) is 1.97. The number of Topliss-reactive ketones (excluding diaryl/α,β-unsaturated/α-hetero) is 1. The number of carbonyl (C=O) groups excluding carboxylic acids is 1. The summed E-state index contributed by atoms with van der Waals surface area (Å²) in [5.74, 6) is -0.0216. The van der Waals surface area contributed by atoms with Gasteiger partial charge in [0.15, 0.2) is 5.78 Å². The maximum Gasteiger partial charge on any atom is 0.168 e. The molecule has 0 radical (unpaired) electrons. The van der Waals surface area contributed by atoms with Gasteiger partial charge in [-0.15, -0.1) is 0 Å². The minimum Gasteiger partial charge on any atom is -0.294 e. The lowest BCUT2D eigenvalue weighted by molar-refractivity contribution is 0.0992. The quantitative estimate of drug-likeness (QED) is 0.791. The van der Waals surface area contributed by atoms with Crippen molar-refractivity contribution in [1.29, 1.82) is 0 Å². The Balaban J connectivity index is 2.21. The Morgan fingerprint density at radius 1 is 1.22 bits per heavy atom. The highest BCUT2D eigenvalue weighted by Gasteiger charge is 2.10. The third-order valence-electron chi connectivity index (χ3n) is 2.59. The molecule has 0 aliphatic rings. The Labute approximate surface area is 116 Å². The fraction of sp³-hybridized carbons (Fsp3) is 0.143. The molecule has 0 aliphatic carbocycles. The molecule has 0 saturated heterocycles. The average molecular weight is 280 g/mol. The third-order valence-corrected chi connectivity index (χ3v) is 3.20. The maximum absolute atomic E-state index is 12.0. The molecule has 18 heavy (non-hydrogen) atoms. The number of benzene rings is 1. The van der Waals surface area contributed by atoms with Gasteiger partial charge in [0.1, 0.15) is 0 Å². The smallest absolute Gasteiger partial charge is 0.168 e. The Morgan fingerprint density at radius 2 is 2.00 bits per heavy atom. The van der Waals surface area contributed by atoms with Crippen LogP contribution in [0, 0.1) is 6.92 Å². The maximum atomic E-state index is 12.0. The van der Waals surface area contributed by atoms with Gasteiger partial charge >= 0.3 is 0 Å². The lowest BCUT2D eigenvalue weighted by Crippen LogP contribution is -2.04. The molecule has 4 heteroatoms. The van der Waals surface area contributed by atoms with E-state index >= 15 is 0 Å². The molecule has 1 aromatic heterocycles. The zero-order valence-corrected chi connectivity index (χ0v) is 11.3. The summed E-state index contributed by atoms with van der Waals surface area (Å²) >= 11 is 11.9. The van der Waals surface area contributed by atoms with Gasteiger partial charge in [-0.3, -0.25) is 9.78 Å². The van der Waals surface area contributed by atoms with Crippen molar-refractivity contribution in [3.05, 3.63) is 63.4 Å².